The number of carbonyl (C=O) groups excluding carboxylic acids is 1. The predicted molar refractivity (Wildman–Crippen MR) is 76.2 cm³/mol. The van der Waals surface area contributed by atoms with Crippen molar-refractivity contribution >= 4 is 5.91 Å². The molecule has 3 heteroatoms. The number of carbonyl (C=O) groups is 1. The highest BCUT2D eigenvalue weighted by molar-refractivity contribution is 5.76. The van der Waals surface area contributed by atoms with Crippen LogP contribution in [-0.2, 0) is 4.79 Å². The number of likely N-dealkylation sites (tertiary alicyclic amines) is 1. The first-order valence-corrected chi connectivity index (χ1v) is 7.19. The van der Waals surface area contributed by atoms with E-state index in [0.717, 1.165) is 25.1 Å². The Morgan fingerprint density at radius 3 is 2.63 bits per heavy atom. The van der Waals surface area contributed by atoms with Gasteiger partial charge in [0.25, 0.3) is 0 Å². The summed E-state index contributed by atoms with van der Waals surface area (Å²) in [4.78, 5) is 14.2. The molecule has 3 nitrogen and oxygen atoms in total. The van der Waals surface area contributed by atoms with Gasteiger partial charge in [0.05, 0.1) is 13.2 Å². The molecule has 1 aromatic rings. The van der Waals surface area contributed by atoms with Gasteiger partial charge in [0.2, 0.25) is 5.91 Å². The molecule has 0 saturated carbocycles. The van der Waals surface area contributed by atoms with Crippen molar-refractivity contribution in [3.05, 3.63) is 29.8 Å². The molecule has 1 heterocycles. The maximum Gasteiger partial charge on any atom is 0.222 e. The maximum absolute atomic E-state index is 12.1. The van der Waals surface area contributed by atoms with Crippen LogP contribution < -0.4 is 4.74 Å². The zero-order chi connectivity index (χ0) is 13.7. The standard InChI is InChI=1S/C16H23NO2/c1-3-16(18)17-12-6-4-5-7-15(17)13-8-10-14(19-2)11-9-13/h8-11,15H,3-7,12H2,1-2H3. The molecule has 1 saturated heterocycles. The zero-order valence-corrected chi connectivity index (χ0v) is 11.9. The Balaban J connectivity index is 2.23. The van der Waals surface area contributed by atoms with Gasteiger partial charge in [0.15, 0.2) is 0 Å². The lowest BCUT2D eigenvalue weighted by Gasteiger charge is -2.30. The quantitative estimate of drug-likeness (QED) is 0.832. The summed E-state index contributed by atoms with van der Waals surface area (Å²) in [6.45, 7) is 2.83. The number of hydrogen-bond donors (Lipinski definition) is 0. The van der Waals surface area contributed by atoms with Gasteiger partial charge in [-0.3, -0.25) is 4.79 Å². The third-order valence-corrected chi connectivity index (χ3v) is 3.88. The van der Waals surface area contributed by atoms with Gasteiger partial charge in [-0.25, -0.2) is 0 Å². The molecule has 1 aliphatic heterocycles. The summed E-state index contributed by atoms with van der Waals surface area (Å²) >= 11 is 0. The molecule has 0 N–H and O–H groups in total. The van der Waals surface area contributed by atoms with Crippen LogP contribution in [0.4, 0.5) is 0 Å². The van der Waals surface area contributed by atoms with Crippen LogP contribution in [0, 0.1) is 0 Å². The molecular weight excluding hydrogens is 238 g/mol. The molecule has 104 valence electrons. The second-order valence-electron chi connectivity index (χ2n) is 5.08. The Kier molecular flexibility index (Phi) is 4.83. The van der Waals surface area contributed by atoms with Crippen molar-refractivity contribution in [3.8, 4) is 5.75 Å². The van der Waals surface area contributed by atoms with Gasteiger partial charge < -0.3 is 9.64 Å². The minimum Gasteiger partial charge on any atom is -0.497 e. The van der Waals surface area contributed by atoms with Gasteiger partial charge in [-0.05, 0) is 30.5 Å². The smallest absolute Gasteiger partial charge is 0.222 e. The summed E-state index contributed by atoms with van der Waals surface area (Å²) in [6.07, 6.45) is 5.20. The Bertz CT molecular complexity index is 413. The van der Waals surface area contributed by atoms with Crippen molar-refractivity contribution in [2.45, 2.75) is 45.1 Å². The van der Waals surface area contributed by atoms with E-state index in [1.165, 1.54) is 18.4 Å². The number of ether oxygens (including phenoxy) is 1. The number of methoxy groups -OCH3 is 1. The highest BCUT2D eigenvalue weighted by Crippen LogP contribution is 2.31. The largest absolute Gasteiger partial charge is 0.497 e. The molecule has 19 heavy (non-hydrogen) atoms. The van der Waals surface area contributed by atoms with E-state index in [1.807, 2.05) is 19.1 Å². The topological polar surface area (TPSA) is 29.5 Å². The Morgan fingerprint density at radius 2 is 2.00 bits per heavy atom. The summed E-state index contributed by atoms with van der Waals surface area (Å²) in [6, 6.07) is 8.37. The second-order valence-corrected chi connectivity index (χ2v) is 5.08. The van der Waals surface area contributed by atoms with Crippen molar-refractivity contribution < 1.29 is 9.53 Å². The molecule has 1 aliphatic rings. The highest BCUT2D eigenvalue weighted by Gasteiger charge is 2.25. The van der Waals surface area contributed by atoms with E-state index in [0.29, 0.717) is 6.42 Å². The SMILES string of the molecule is CCC(=O)N1CCCCCC1c1ccc(OC)cc1. The summed E-state index contributed by atoms with van der Waals surface area (Å²) in [5, 5.41) is 0. The van der Waals surface area contributed by atoms with E-state index >= 15 is 0 Å². The average Bonchev–Trinajstić information content (AvgIpc) is 2.72. The van der Waals surface area contributed by atoms with E-state index in [2.05, 4.69) is 17.0 Å². The molecule has 1 atom stereocenters. The summed E-state index contributed by atoms with van der Waals surface area (Å²) < 4.78 is 5.20. The monoisotopic (exact) mass is 261 g/mol. The minimum atomic E-state index is 0.237. The van der Waals surface area contributed by atoms with Gasteiger partial charge in [-0.2, -0.15) is 0 Å². The van der Waals surface area contributed by atoms with Crippen LogP contribution in [-0.4, -0.2) is 24.5 Å². The molecule has 1 fully saturated rings. The van der Waals surface area contributed by atoms with E-state index in [9.17, 15) is 4.79 Å². The van der Waals surface area contributed by atoms with Gasteiger partial charge >= 0.3 is 0 Å². The number of amides is 1. The van der Waals surface area contributed by atoms with Crippen molar-refractivity contribution in [2.24, 2.45) is 0 Å². The molecule has 0 bridgehead atoms. The van der Waals surface area contributed by atoms with Crippen LogP contribution in [0.25, 0.3) is 0 Å². The fourth-order valence-electron chi connectivity index (χ4n) is 2.78. The molecule has 2 rings (SSSR count). The summed E-state index contributed by atoms with van der Waals surface area (Å²) in [7, 11) is 1.67. The highest BCUT2D eigenvalue weighted by atomic mass is 16.5. The van der Waals surface area contributed by atoms with Crippen molar-refractivity contribution in [3.63, 3.8) is 0 Å². The van der Waals surface area contributed by atoms with Crippen LogP contribution in [0.2, 0.25) is 0 Å². The number of benzene rings is 1. The Hall–Kier alpha value is -1.51. The number of rotatable bonds is 3. The molecule has 0 spiro atoms. The normalized spacial score (nSPS) is 19.9. The molecule has 1 unspecified atom stereocenters. The lowest BCUT2D eigenvalue weighted by molar-refractivity contribution is -0.133. The van der Waals surface area contributed by atoms with Crippen LogP contribution in [0.1, 0.15) is 50.6 Å². The fraction of sp³-hybridized carbons (Fsp3) is 0.562. The number of hydrogen-bond acceptors (Lipinski definition) is 2. The van der Waals surface area contributed by atoms with Gasteiger partial charge in [0.1, 0.15) is 5.75 Å². The summed E-state index contributed by atoms with van der Waals surface area (Å²) in [5.74, 6) is 1.13. The lowest BCUT2D eigenvalue weighted by atomic mass is 10.0. The fourth-order valence-corrected chi connectivity index (χ4v) is 2.78. The first-order chi connectivity index (χ1) is 9.26. The maximum atomic E-state index is 12.1. The molecule has 0 radical (unpaired) electrons. The van der Waals surface area contributed by atoms with E-state index in [4.69, 9.17) is 4.74 Å². The zero-order valence-electron chi connectivity index (χ0n) is 11.9. The first-order valence-electron chi connectivity index (χ1n) is 7.19. The average molecular weight is 261 g/mol. The minimum absolute atomic E-state index is 0.237. The van der Waals surface area contributed by atoms with Crippen molar-refractivity contribution in [1.29, 1.82) is 0 Å². The molecule has 0 aromatic heterocycles. The molecular formula is C16H23NO2. The molecule has 1 aromatic carbocycles. The lowest BCUT2D eigenvalue weighted by Crippen LogP contribution is -2.34. The van der Waals surface area contributed by atoms with E-state index in [-0.39, 0.29) is 11.9 Å². The van der Waals surface area contributed by atoms with Crippen molar-refractivity contribution in [2.75, 3.05) is 13.7 Å². The van der Waals surface area contributed by atoms with E-state index in [1.54, 1.807) is 7.11 Å². The predicted octanol–water partition coefficient (Wildman–Crippen LogP) is 3.55. The van der Waals surface area contributed by atoms with Crippen LogP contribution >= 0.6 is 0 Å². The van der Waals surface area contributed by atoms with Gasteiger partial charge in [-0.15, -0.1) is 0 Å². The Labute approximate surface area is 115 Å². The number of nitrogens with zero attached hydrogens (tertiary/aromatic N) is 1. The van der Waals surface area contributed by atoms with Crippen LogP contribution in [0.5, 0.6) is 5.75 Å². The Morgan fingerprint density at radius 1 is 1.26 bits per heavy atom. The van der Waals surface area contributed by atoms with Crippen LogP contribution in [0.3, 0.4) is 0 Å². The second kappa shape index (κ2) is 6.60. The molecule has 0 aliphatic carbocycles. The van der Waals surface area contributed by atoms with Crippen LogP contribution in [0.15, 0.2) is 24.3 Å². The third kappa shape index (κ3) is 3.28. The summed E-state index contributed by atoms with van der Waals surface area (Å²) in [5.41, 5.74) is 1.23. The van der Waals surface area contributed by atoms with Crippen molar-refractivity contribution in [1.82, 2.24) is 4.90 Å². The first kappa shape index (κ1) is 13.9. The molecule has 1 amide bonds. The van der Waals surface area contributed by atoms with Gasteiger partial charge in [-0.1, -0.05) is 31.9 Å². The van der Waals surface area contributed by atoms with E-state index < -0.39 is 0 Å². The third-order valence-electron chi connectivity index (χ3n) is 3.88. The van der Waals surface area contributed by atoms with Gasteiger partial charge in [0, 0.05) is 13.0 Å².